The van der Waals surface area contributed by atoms with E-state index < -0.39 is 0 Å². The van der Waals surface area contributed by atoms with Gasteiger partial charge in [0.1, 0.15) is 0 Å². The van der Waals surface area contributed by atoms with Crippen LogP contribution in [0, 0.1) is 5.92 Å². The molecule has 0 aliphatic heterocycles. The lowest BCUT2D eigenvalue weighted by Crippen LogP contribution is -2.19. The van der Waals surface area contributed by atoms with Gasteiger partial charge in [0.15, 0.2) is 5.78 Å². The first-order valence-corrected chi connectivity index (χ1v) is 10.7. The number of Topliss-reactive ketones (excluding diaryl/α,β-unsaturated/α-hetero) is 1. The molecule has 1 unspecified atom stereocenters. The normalized spacial score (nSPS) is 16.1. The van der Waals surface area contributed by atoms with E-state index in [1.54, 1.807) is 24.3 Å². The van der Waals surface area contributed by atoms with Gasteiger partial charge in [-0.1, -0.05) is 44.9 Å². The summed E-state index contributed by atoms with van der Waals surface area (Å²) in [5.74, 6) is -0.115. The Labute approximate surface area is 169 Å². The molecule has 1 N–H and O–H groups in total. The molecule has 0 saturated heterocycles. The summed E-state index contributed by atoms with van der Waals surface area (Å²) < 4.78 is 1.89. The Morgan fingerprint density at radius 3 is 2.43 bits per heavy atom. The lowest BCUT2D eigenvalue weighted by atomic mass is 9.96. The smallest absolute Gasteiger partial charge is 0.226 e. The van der Waals surface area contributed by atoms with E-state index in [0.717, 1.165) is 12.8 Å². The van der Waals surface area contributed by atoms with Crippen LogP contribution in [0.15, 0.2) is 29.4 Å². The van der Waals surface area contributed by atoms with Crippen LogP contribution in [0.5, 0.6) is 0 Å². The number of nitrogens with zero attached hydrogens (tertiary/aromatic N) is 4. The Kier molecular flexibility index (Phi) is 6.83. The first-order chi connectivity index (χ1) is 13.5. The van der Waals surface area contributed by atoms with Crippen molar-refractivity contribution in [2.45, 2.75) is 69.3 Å². The highest BCUT2D eigenvalue weighted by Gasteiger charge is 2.24. The molecule has 1 atom stereocenters. The largest absolute Gasteiger partial charge is 0.326 e. The Balaban J connectivity index is 1.63. The van der Waals surface area contributed by atoms with Crippen LogP contribution < -0.4 is 5.32 Å². The summed E-state index contributed by atoms with van der Waals surface area (Å²) in [6.07, 6.45) is 5.84. The third-order valence-corrected chi connectivity index (χ3v) is 6.04. The molecule has 1 aliphatic carbocycles. The van der Waals surface area contributed by atoms with Gasteiger partial charge in [0.2, 0.25) is 11.1 Å². The number of hydrogen-bond donors (Lipinski definition) is 1. The van der Waals surface area contributed by atoms with E-state index in [2.05, 4.69) is 20.8 Å². The van der Waals surface area contributed by atoms with Crippen molar-refractivity contribution >= 4 is 29.1 Å². The van der Waals surface area contributed by atoms with Crippen molar-refractivity contribution < 1.29 is 9.59 Å². The molecule has 8 heteroatoms. The monoisotopic (exact) mass is 401 g/mol. The molecule has 1 aromatic carbocycles. The molecular weight excluding hydrogens is 374 g/mol. The molecule has 0 spiro atoms. The summed E-state index contributed by atoms with van der Waals surface area (Å²) in [4.78, 5) is 24.6. The fourth-order valence-corrected chi connectivity index (χ4v) is 4.21. The second-order valence-corrected chi connectivity index (χ2v) is 8.85. The second-order valence-electron chi connectivity index (χ2n) is 7.54. The Bertz CT molecular complexity index is 812. The average molecular weight is 402 g/mol. The topological polar surface area (TPSA) is 89.8 Å². The van der Waals surface area contributed by atoms with Gasteiger partial charge in [-0.15, -0.1) is 5.10 Å². The van der Waals surface area contributed by atoms with Crippen LogP contribution in [0.1, 0.15) is 69.3 Å². The molecule has 2 aromatic rings. The number of thioether (sulfide) groups is 1. The number of ketones is 1. The van der Waals surface area contributed by atoms with Gasteiger partial charge >= 0.3 is 0 Å². The molecule has 7 nitrogen and oxygen atoms in total. The number of tetrazole rings is 1. The summed E-state index contributed by atoms with van der Waals surface area (Å²) >= 11 is 1.40. The van der Waals surface area contributed by atoms with Gasteiger partial charge in [0.25, 0.3) is 0 Å². The maximum atomic E-state index is 12.8. The highest BCUT2D eigenvalue weighted by molar-refractivity contribution is 8.00. The van der Waals surface area contributed by atoms with Gasteiger partial charge < -0.3 is 5.32 Å². The predicted molar refractivity (Wildman–Crippen MR) is 109 cm³/mol. The van der Waals surface area contributed by atoms with Crippen LogP contribution in [-0.4, -0.2) is 37.1 Å². The van der Waals surface area contributed by atoms with Crippen LogP contribution >= 0.6 is 11.8 Å². The van der Waals surface area contributed by atoms with Crippen LogP contribution in [0.25, 0.3) is 0 Å². The van der Waals surface area contributed by atoms with Crippen molar-refractivity contribution in [1.82, 2.24) is 20.2 Å². The van der Waals surface area contributed by atoms with Gasteiger partial charge in [0.05, 0.1) is 11.3 Å². The highest BCUT2D eigenvalue weighted by Crippen LogP contribution is 2.32. The molecule has 1 aliphatic rings. The summed E-state index contributed by atoms with van der Waals surface area (Å²) in [5, 5.41) is 15.4. The number of hydrogen-bond acceptors (Lipinski definition) is 6. The molecule has 1 fully saturated rings. The van der Waals surface area contributed by atoms with Gasteiger partial charge in [-0.2, -0.15) is 0 Å². The van der Waals surface area contributed by atoms with E-state index in [1.165, 1.54) is 31.0 Å². The molecule has 0 bridgehead atoms. The van der Waals surface area contributed by atoms with Crippen molar-refractivity contribution in [3.63, 3.8) is 0 Å². The van der Waals surface area contributed by atoms with Crippen LogP contribution in [0.3, 0.4) is 0 Å². The molecule has 1 heterocycles. The van der Waals surface area contributed by atoms with E-state index in [0.29, 0.717) is 22.4 Å². The quantitative estimate of drug-likeness (QED) is 0.554. The number of carbonyl (C=O) groups is 2. The Morgan fingerprint density at radius 2 is 1.79 bits per heavy atom. The number of carbonyl (C=O) groups excluding carboxylic acids is 2. The van der Waals surface area contributed by atoms with Crippen molar-refractivity contribution in [3.05, 3.63) is 29.8 Å². The minimum absolute atomic E-state index is 0.0185. The molecule has 1 amide bonds. The number of rotatable bonds is 7. The lowest BCUT2D eigenvalue weighted by molar-refractivity contribution is -0.118. The first-order valence-electron chi connectivity index (χ1n) is 9.85. The number of nitrogens with one attached hydrogen (secondary N) is 1. The van der Waals surface area contributed by atoms with E-state index in [4.69, 9.17) is 0 Å². The van der Waals surface area contributed by atoms with Crippen molar-refractivity contribution in [3.8, 4) is 0 Å². The number of anilines is 1. The standard InChI is InChI=1S/C20H27N5O2S/c1-13(2)19(27)21-16-11-9-15(10-12-16)18(26)14(3)28-20-22-23-24-25(20)17-7-5-4-6-8-17/h9-14,17H,4-8H2,1-3H3,(H,21,27). The molecule has 1 aromatic heterocycles. The average Bonchev–Trinajstić information content (AvgIpc) is 3.16. The maximum absolute atomic E-state index is 12.8. The summed E-state index contributed by atoms with van der Waals surface area (Å²) in [5.41, 5.74) is 1.30. The van der Waals surface area contributed by atoms with E-state index >= 15 is 0 Å². The molecular formula is C20H27N5O2S. The zero-order valence-corrected chi connectivity index (χ0v) is 17.4. The summed E-state index contributed by atoms with van der Waals surface area (Å²) in [6, 6.07) is 7.35. The molecule has 1 saturated carbocycles. The second kappa shape index (κ2) is 9.32. The zero-order chi connectivity index (χ0) is 20.1. The number of benzene rings is 1. The molecule has 150 valence electrons. The van der Waals surface area contributed by atoms with Crippen LogP contribution in [0.2, 0.25) is 0 Å². The highest BCUT2D eigenvalue weighted by atomic mass is 32.2. The van der Waals surface area contributed by atoms with Crippen molar-refractivity contribution in [2.24, 2.45) is 5.92 Å². The summed E-state index contributed by atoms with van der Waals surface area (Å²) in [6.45, 7) is 5.56. The summed E-state index contributed by atoms with van der Waals surface area (Å²) in [7, 11) is 0. The van der Waals surface area contributed by atoms with Gasteiger partial charge in [0, 0.05) is 17.2 Å². The van der Waals surface area contributed by atoms with Gasteiger partial charge in [-0.25, -0.2) is 4.68 Å². The van der Waals surface area contributed by atoms with Crippen molar-refractivity contribution in [2.75, 3.05) is 5.32 Å². The fourth-order valence-electron chi connectivity index (χ4n) is 3.27. The molecule has 28 heavy (non-hydrogen) atoms. The van der Waals surface area contributed by atoms with Crippen molar-refractivity contribution in [1.29, 1.82) is 0 Å². The first kappa shape index (κ1) is 20.5. The molecule has 3 rings (SSSR count). The Morgan fingerprint density at radius 1 is 1.11 bits per heavy atom. The minimum atomic E-state index is -0.301. The predicted octanol–water partition coefficient (Wildman–Crippen LogP) is 4.14. The minimum Gasteiger partial charge on any atom is -0.326 e. The third kappa shape index (κ3) is 4.98. The number of aromatic nitrogens is 4. The SMILES string of the molecule is CC(C)C(=O)Nc1ccc(C(=O)C(C)Sc2nnnn2C2CCCCC2)cc1. The van der Waals surface area contributed by atoms with E-state index in [1.807, 2.05) is 25.5 Å². The lowest BCUT2D eigenvalue weighted by Gasteiger charge is -2.22. The van der Waals surface area contributed by atoms with Gasteiger partial charge in [-0.3, -0.25) is 9.59 Å². The maximum Gasteiger partial charge on any atom is 0.226 e. The third-order valence-electron chi connectivity index (χ3n) is 5.00. The van der Waals surface area contributed by atoms with E-state index in [-0.39, 0.29) is 22.9 Å². The van der Waals surface area contributed by atoms with Crippen LogP contribution in [-0.2, 0) is 4.79 Å². The number of amides is 1. The van der Waals surface area contributed by atoms with Gasteiger partial charge in [-0.05, 0) is 54.5 Å². The van der Waals surface area contributed by atoms with E-state index in [9.17, 15) is 9.59 Å². The zero-order valence-electron chi connectivity index (χ0n) is 16.6. The fraction of sp³-hybridized carbons (Fsp3) is 0.550. The Hall–Kier alpha value is -2.22. The van der Waals surface area contributed by atoms with Crippen LogP contribution in [0.4, 0.5) is 5.69 Å². The molecule has 0 radical (unpaired) electrons.